The molecule has 2 aliphatic heterocycles. The Labute approximate surface area is 252 Å². The molecule has 1 fully saturated rings. The third-order valence-electron chi connectivity index (χ3n) is 6.57. The summed E-state index contributed by atoms with van der Waals surface area (Å²) in [6.07, 6.45) is 1.19. The number of aliphatic carboxylic acids is 2. The minimum Gasteiger partial charge on any atom is -0.503 e. The number of carboxylic acid groups (broad SMARTS) is 2. The first-order valence-electron chi connectivity index (χ1n) is 12.6. The van der Waals surface area contributed by atoms with Crippen LogP contribution >= 0.6 is 23.1 Å². The molecule has 0 bridgehead atoms. The SMILES string of the molecule is CC(C)(O/N=C(\C(=O)N[C@@H]1C(=O)N2C(C(=O)O)=C(C[N+](C)(C)Cc3cc(=O)c(O)c[nH]3)CS[C@H]12)c1csc(N)n1)C(=O)O. The number of oxime groups is 1. The number of anilines is 1. The number of likely N-dealkylation sites (N-methyl/N-ethyl adjacent to an activating group) is 1. The molecule has 2 aromatic rings. The lowest BCUT2D eigenvalue weighted by molar-refractivity contribution is -0.899. The number of nitrogens with zero attached hydrogens (tertiary/aromatic N) is 4. The number of aromatic nitrogens is 2. The van der Waals surface area contributed by atoms with E-state index in [0.717, 1.165) is 16.2 Å². The van der Waals surface area contributed by atoms with Crippen molar-refractivity contribution in [2.45, 2.75) is 37.4 Å². The third-order valence-corrected chi connectivity index (χ3v) is 8.58. The van der Waals surface area contributed by atoms with Gasteiger partial charge in [-0.1, -0.05) is 5.16 Å². The number of aromatic hydroxyl groups is 1. The number of carbonyl (C=O) groups excluding carboxylic acids is 2. The number of H-pyrrole nitrogens is 1. The lowest BCUT2D eigenvalue weighted by Crippen LogP contribution is -2.71. The van der Waals surface area contributed by atoms with E-state index in [1.807, 2.05) is 14.1 Å². The van der Waals surface area contributed by atoms with Crippen LogP contribution in [0.5, 0.6) is 5.75 Å². The van der Waals surface area contributed by atoms with Gasteiger partial charge in [0, 0.05) is 29.0 Å². The number of quaternary nitrogens is 1. The minimum atomic E-state index is -1.78. The Morgan fingerprint density at radius 2 is 1.98 bits per heavy atom. The Kier molecular flexibility index (Phi) is 8.57. The zero-order chi connectivity index (χ0) is 31.9. The van der Waals surface area contributed by atoms with Gasteiger partial charge in [0.2, 0.25) is 11.0 Å². The van der Waals surface area contributed by atoms with Crippen molar-refractivity contribution in [2.24, 2.45) is 5.16 Å². The Hall–Kier alpha value is -4.42. The molecule has 0 saturated carbocycles. The van der Waals surface area contributed by atoms with Crippen LogP contribution in [-0.2, 0) is 30.6 Å². The van der Waals surface area contributed by atoms with Crippen LogP contribution in [0.15, 0.2) is 38.9 Å². The molecule has 230 valence electrons. The van der Waals surface area contributed by atoms with Gasteiger partial charge in [0.15, 0.2) is 16.6 Å². The fourth-order valence-corrected chi connectivity index (χ4v) is 6.33. The first-order valence-corrected chi connectivity index (χ1v) is 14.6. The lowest BCUT2D eigenvalue weighted by atomic mass is 10.0. The predicted molar refractivity (Wildman–Crippen MR) is 155 cm³/mol. The number of aromatic amines is 1. The molecule has 18 heteroatoms. The predicted octanol–water partition coefficient (Wildman–Crippen LogP) is -0.282. The van der Waals surface area contributed by atoms with Crippen LogP contribution in [-0.4, -0.2) is 108 Å². The average molecular weight is 637 g/mol. The van der Waals surface area contributed by atoms with E-state index >= 15 is 0 Å². The van der Waals surface area contributed by atoms with Crippen molar-refractivity contribution in [1.29, 1.82) is 0 Å². The summed E-state index contributed by atoms with van der Waals surface area (Å²) in [6.45, 7) is 2.99. The zero-order valence-corrected chi connectivity index (χ0v) is 25.1. The van der Waals surface area contributed by atoms with Gasteiger partial charge in [-0.25, -0.2) is 14.6 Å². The number of carbonyl (C=O) groups is 4. The molecule has 4 rings (SSSR count). The zero-order valence-electron chi connectivity index (χ0n) is 23.5. The maximum atomic E-state index is 13.3. The van der Waals surface area contributed by atoms with E-state index in [9.17, 15) is 39.3 Å². The molecular weight excluding hydrogens is 606 g/mol. The second-order valence-electron chi connectivity index (χ2n) is 11.0. The highest BCUT2D eigenvalue weighted by molar-refractivity contribution is 8.00. The highest BCUT2D eigenvalue weighted by atomic mass is 32.2. The number of amides is 2. The number of β-lactam (4-membered cyclic amide) rings is 1. The van der Waals surface area contributed by atoms with Crippen LogP contribution in [0.25, 0.3) is 0 Å². The van der Waals surface area contributed by atoms with Crippen LogP contribution in [0, 0.1) is 0 Å². The number of fused-ring (bicyclic) bond motifs is 1. The molecule has 2 atom stereocenters. The van der Waals surface area contributed by atoms with Gasteiger partial charge in [-0.05, 0) is 13.8 Å². The highest BCUT2D eigenvalue weighted by Gasteiger charge is 2.55. The Morgan fingerprint density at radius 1 is 1.28 bits per heavy atom. The van der Waals surface area contributed by atoms with Gasteiger partial charge in [-0.3, -0.25) is 19.3 Å². The number of hydrogen-bond acceptors (Lipinski definition) is 12. The second kappa shape index (κ2) is 11.7. The number of nitrogen functional groups attached to an aromatic ring is 1. The molecule has 4 heterocycles. The third kappa shape index (κ3) is 6.65. The molecule has 0 unspecified atom stereocenters. The Morgan fingerprint density at radius 3 is 2.56 bits per heavy atom. The molecule has 2 aromatic heterocycles. The Bertz CT molecular complexity index is 1610. The van der Waals surface area contributed by atoms with Crippen LogP contribution in [0.4, 0.5) is 5.13 Å². The van der Waals surface area contributed by atoms with E-state index < -0.39 is 57.7 Å². The first kappa shape index (κ1) is 31.5. The average Bonchev–Trinajstić information content (AvgIpc) is 3.34. The fraction of sp³-hybridized carbons (Fsp3) is 0.400. The van der Waals surface area contributed by atoms with Crippen molar-refractivity contribution >= 4 is 57.7 Å². The number of thiazole rings is 1. The second-order valence-corrected chi connectivity index (χ2v) is 13.0. The first-order chi connectivity index (χ1) is 20.0. The van der Waals surface area contributed by atoms with E-state index in [1.54, 1.807) is 0 Å². The molecule has 0 spiro atoms. The number of rotatable bonds is 11. The fourth-order valence-electron chi connectivity index (χ4n) is 4.45. The van der Waals surface area contributed by atoms with Crippen LogP contribution in [0.2, 0.25) is 0 Å². The smallest absolute Gasteiger partial charge is 0.352 e. The molecule has 7 N–H and O–H groups in total. The van der Waals surface area contributed by atoms with Crippen molar-refractivity contribution in [2.75, 3.05) is 32.1 Å². The summed E-state index contributed by atoms with van der Waals surface area (Å²) in [7, 11) is 3.66. The van der Waals surface area contributed by atoms with Crippen molar-refractivity contribution in [3.63, 3.8) is 0 Å². The van der Waals surface area contributed by atoms with Gasteiger partial charge in [-0.2, -0.15) is 0 Å². The molecular formula is C25H30N7O9S2+. The van der Waals surface area contributed by atoms with E-state index in [2.05, 4.69) is 20.4 Å². The summed E-state index contributed by atoms with van der Waals surface area (Å²) in [5, 5.41) is 36.0. The van der Waals surface area contributed by atoms with Gasteiger partial charge in [0.25, 0.3) is 11.8 Å². The molecule has 0 aliphatic carbocycles. The number of nitrogens with one attached hydrogen (secondary N) is 2. The molecule has 2 amide bonds. The van der Waals surface area contributed by atoms with Crippen LogP contribution in [0.3, 0.4) is 0 Å². The summed E-state index contributed by atoms with van der Waals surface area (Å²) in [4.78, 5) is 75.2. The van der Waals surface area contributed by atoms with Crippen molar-refractivity contribution in [1.82, 2.24) is 20.2 Å². The van der Waals surface area contributed by atoms with Crippen LogP contribution < -0.4 is 16.5 Å². The number of carboxylic acids is 2. The number of thioether (sulfide) groups is 1. The molecule has 0 radical (unpaired) electrons. The molecule has 2 aliphatic rings. The van der Waals surface area contributed by atoms with Gasteiger partial charge in [-0.15, -0.1) is 23.1 Å². The van der Waals surface area contributed by atoms with E-state index in [1.165, 1.54) is 43.3 Å². The Balaban J connectivity index is 1.53. The summed E-state index contributed by atoms with van der Waals surface area (Å²) < 4.78 is 0.226. The standard InChI is InChI=1S/C25H29N7O9S2/c1-25(2,23(39)40)41-30-16(13-10-43-24(26)28-13)19(35)29-17-20(36)31-18(22(37)38)11(9-42-21(17)31)7-32(3,4)8-12-5-14(33)15(34)6-27-12/h5-6,10,17,21H,7-9H2,1-4H3,(H6-,26,27,28,29,30,33,34,35,37,38,39,40)/p+1/t17-,21-/m1/s1. The molecule has 43 heavy (non-hydrogen) atoms. The lowest BCUT2D eigenvalue weighted by Gasteiger charge is -2.49. The normalized spacial score (nSPS) is 19.0. The summed E-state index contributed by atoms with van der Waals surface area (Å²) in [5.41, 5.74) is 3.79. The highest BCUT2D eigenvalue weighted by Crippen LogP contribution is 2.41. The monoisotopic (exact) mass is 636 g/mol. The summed E-state index contributed by atoms with van der Waals surface area (Å²) in [6, 6.07) is 0.164. The quantitative estimate of drug-likeness (QED) is 0.0808. The van der Waals surface area contributed by atoms with Gasteiger partial charge < -0.3 is 40.7 Å². The van der Waals surface area contributed by atoms with E-state index in [0.29, 0.717) is 17.8 Å². The van der Waals surface area contributed by atoms with Gasteiger partial charge >= 0.3 is 11.9 Å². The van der Waals surface area contributed by atoms with E-state index in [-0.39, 0.29) is 33.3 Å². The molecule has 16 nitrogen and oxygen atoms in total. The van der Waals surface area contributed by atoms with Gasteiger partial charge in [0.05, 0.1) is 19.8 Å². The summed E-state index contributed by atoms with van der Waals surface area (Å²) >= 11 is 2.28. The van der Waals surface area contributed by atoms with Crippen molar-refractivity contribution < 1.29 is 43.8 Å². The minimum absolute atomic E-state index is 0.00416. The van der Waals surface area contributed by atoms with Crippen molar-refractivity contribution in [3.8, 4) is 5.75 Å². The van der Waals surface area contributed by atoms with Crippen molar-refractivity contribution in [3.05, 3.63) is 50.5 Å². The number of nitrogens with two attached hydrogens (primary N) is 1. The maximum absolute atomic E-state index is 13.3. The topological polar surface area (TPSA) is 238 Å². The molecule has 1 saturated heterocycles. The number of hydrogen-bond donors (Lipinski definition) is 6. The summed E-state index contributed by atoms with van der Waals surface area (Å²) in [5.74, 6) is -4.35. The van der Waals surface area contributed by atoms with Crippen LogP contribution in [0.1, 0.15) is 25.2 Å². The largest absolute Gasteiger partial charge is 0.503 e. The maximum Gasteiger partial charge on any atom is 0.352 e. The number of pyridine rings is 1. The van der Waals surface area contributed by atoms with E-state index in [4.69, 9.17) is 10.6 Å². The molecule has 0 aromatic carbocycles. The van der Waals surface area contributed by atoms with Gasteiger partial charge in [0.1, 0.15) is 35.9 Å².